The molecule has 22 heavy (non-hydrogen) atoms. The molecular weight excluding hydrogens is 294 g/mol. The molecule has 1 aromatic heterocycles. The Hall–Kier alpha value is -2.35. The Morgan fingerprint density at radius 2 is 2.18 bits per heavy atom. The Bertz CT molecular complexity index is 660. The van der Waals surface area contributed by atoms with Crippen molar-refractivity contribution in [2.45, 2.75) is 24.9 Å². The van der Waals surface area contributed by atoms with Crippen molar-refractivity contribution in [2.75, 3.05) is 6.54 Å². The lowest BCUT2D eigenvalue weighted by atomic mass is 10.2. The lowest BCUT2D eigenvalue weighted by molar-refractivity contribution is -0.123. The van der Waals surface area contributed by atoms with E-state index in [2.05, 4.69) is 20.8 Å². The smallest absolute Gasteiger partial charge is 0.262 e. The zero-order valence-electron chi connectivity index (χ0n) is 11.6. The van der Waals surface area contributed by atoms with E-state index in [0.717, 1.165) is 5.56 Å². The summed E-state index contributed by atoms with van der Waals surface area (Å²) in [6.45, 7) is -0.480. The van der Waals surface area contributed by atoms with Crippen LogP contribution < -0.4 is 10.6 Å². The first-order valence-electron chi connectivity index (χ1n) is 6.80. The van der Waals surface area contributed by atoms with Gasteiger partial charge in [0.05, 0.1) is 19.1 Å². The highest BCUT2D eigenvalue weighted by Crippen LogP contribution is 2.25. The first kappa shape index (κ1) is 14.6. The number of carbonyl (C=O) groups is 1. The maximum atomic E-state index is 13.0. The molecule has 1 atom stereocenters. The summed E-state index contributed by atoms with van der Waals surface area (Å²) >= 11 is 0. The van der Waals surface area contributed by atoms with Gasteiger partial charge in [0.25, 0.3) is 5.92 Å². The number of nitrogens with zero attached hydrogens (tertiary/aromatic N) is 2. The minimum absolute atomic E-state index is 0.00240. The third-order valence-electron chi connectivity index (χ3n) is 3.34. The molecule has 6 nitrogen and oxygen atoms in total. The van der Waals surface area contributed by atoms with Crippen molar-refractivity contribution in [1.29, 1.82) is 0 Å². The largest absolute Gasteiger partial charge is 0.346 e. The molecule has 2 N–H and O–H groups in total. The summed E-state index contributed by atoms with van der Waals surface area (Å²) < 4.78 is 31.1. The molecule has 1 fully saturated rings. The van der Waals surface area contributed by atoms with Crippen LogP contribution in [-0.4, -0.2) is 34.6 Å². The van der Waals surface area contributed by atoms with E-state index in [1.807, 2.05) is 30.3 Å². The first-order chi connectivity index (χ1) is 10.5. The molecule has 2 heterocycles. The highest BCUT2D eigenvalue weighted by molar-refractivity contribution is 5.82. The molecule has 8 heteroatoms. The molecule has 3 rings (SSSR count). The molecule has 1 unspecified atom stereocenters. The van der Waals surface area contributed by atoms with Crippen molar-refractivity contribution in [1.82, 2.24) is 20.8 Å². The van der Waals surface area contributed by atoms with Crippen molar-refractivity contribution < 1.29 is 18.1 Å². The third kappa shape index (κ3) is 3.28. The highest BCUT2D eigenvalue weighted by atomic mass is 19.3. The van der Waals surface area contributed by atoms with E-state index in [1.54, 1.807) is 0 Å². The van der Waals surface area contributed by atoms with E-state index in [4.69, 9.17) is 4.52 Å². The van der Waals surface area contributed by atoms with E-state index in [-0.39, 0.29) is 12.4 Å². The Morgan fingerprint density at radius 3 is 2.86 bits per heavy atom. The van der Waals surface area contributed by atoms with Gasteiger partial charge in [-0.1, -0.05) is 35.5 Å². The normalized spacial score (nSPS) is 20.0. The quantitative estimate of drug-likeness (QED) is 0.891. The van der Waals surface area contributed by atoms with Gasteiger partial charge in [0.15, 0.2) is 0 Å². The molecule has 1 aliphatic rings. The molecule has 0 aliphatic carbocycles. The highest BCUT2D eigenvalue weighted by Gasteiger charge is 2.42. The summed E-state index contributed by atoms with van der Waals surface area (Å²) in [5.74, 6) is -2.71. The lowest BCUT2D eigenvalue weighted by Crippen LogP contribution is -2.40. The van der Waals surface area contributed by atoms with E-state index < -0.39 is 30.8 Å². The number of halogens is 2. The zero-order valence-corrected chi connectivity index (χ0v) is 11.6. The number of nitrogens with one attached hydrogen (secondary N) is 2. The van der Waals surface area contributed by atoms with Gasteiger partial charge in [-0.05, 0) is 0 Å². The Morgan fingerprint density at radius 1 is 1.41 bits per heavy atom. The zero-order chi connectivity index (χ0) is 15.6. The molecular formula is C14H14F2N4O2. The number of carbonyl (C=O) groups excluding carboxylic acids is 1. The summed E-state index contributed by atoms with van der Waals surface area (Å²) in [6.07, 6.45) is -0.502. The van der Waals surface area contributed by atoms with Crippen molar-refractivity contribution >= 4 is 5.91 Å². The summed E-state index contributed by atoms with van der Waals surface area (Å²) in [5.41, 5.74) is 0.793. The SMILES string of the molecule is O=C(NCc1nc(-c2ccccc2)no1)C1CC(F)(F)CN1. The van der Waals surface area contributed by atoms with E-state index in [1.165, 1.54) is 0 Å². The fourth-order valence-electron chi connectivity index (χ4n) is 2.22. The van der Waals surface area contributed by atoms with E-state index in [0.29, 0.717) is 5.82 Å². The van der Waals surface area contributed by atoms with Crippen LogP contribution in [0.1, 0.15) is 12.3 Å². The number of hydrogen-bond acceptors (Lipinski definition) is 5. The predicted octanol–water partition coefficient (Wildman–Crippen LogP) is 1.35. The van der Waals surface area contributed by atoms with Gasteiger partial charge in [-0.25, -0.2) is 8.78 Å². The summed E-state index contributed by atoms with van der Waals surface area (Å²) in [7, 11) is 0. The molecule has 0 radical (unpaired) electrons. The molecule has 116 valence electrons. The fraction of sp³-hybridized carbons (Fsp3) is 0.357. The second-order valence-corrected chi connectivity index (χ2v) is 5.09. The number of rotatable bonds is 4. The van der Waals surface area contributed by atoms with Crippen molar-refractivity contribution in [3.8, 4) is 11.4 Å². The second kappa shape index (κ2) is 5.80. The number of hydrogen-bond donors (Lipinski definition) is 2. The molecule has 1 aromatic carbocycles. The Labute approximate surface area is 124 Å². The maximum Gasteiger partial charge on any atom is 0.262 e. The van der Waals surface area contributed by atoms with Crippen molar-refractivity contribution in [2.24, 2.45) is 0 Å². The van der Waals surface area contributed by atoms with Crippen LogP contribution in [0.25, 0.3) is 11.4 Å². The third-order valence-corrected chi connectivity index (χ3v) is 3.34. The number of alkyl halides is 2. The van der Waals surface area contributed by atoms with Crippen LogP contribution in [0.5, 0.6) is 0 Å². The molecule has 1 amide bonds. The van der Waals surface area contributed by atoms with Crippen LogP contribution in [0.4, 0.5) is 8.78 Å². The second-order valence-electron chi connectivity index (χ2n) is 5.09. The van der Waals surface area contributed by atoms with Gasteiger partial charge in [-0.15, -0.1) is 0 Å². The van der Waals surface area contributed by atoms with Gasteiger partial charge in [-0.3, -0.25) is 10.1 Å². The van der Waals surface area contributed by atoms with Crippen LogP contribution in [-0.2, 0) is 11.3 Å². The minimum atomic E-state index is -2.84. The standard InChI is InChI=1S/C14H14F2N4O2/c15-14(16)6-10(18-8-14)13(21)17-7-11-19-12(20-22-11)9-4-2-1-3-5-9/h1-5,10,18H,6-8H2,(H,17,21). The summed E-state index contributed by atoms with van der Waals surface area (Å²) in [6, 6.07) is 8.33. The number of amides is 1. The average molecular weight is 308 g/mol. The molecule has 2 aromatic rings. The average Bonchev–Trinajstić information content (AvgIpc) is 3.12. The van der Waals surface area contributed by atoms with Gasteiger partial charge in [-0.2, -0.15) is 4.98 Å². The van der Waals surface area contributed by atoms with Crippen LogP contribution >= 0.6 is 0 Å². The predicted molar refractivity (Wildman–Crippen MR) is 72.9 cm³/mol. The summed E-state index contributed by atoms with van der Waals surface area (Å²) in [4.78, 5) is 15.9. The van der Waals surface area contributed by atoms with Crippen LogP contribution in [0.2, 0.25) is 0 Å². The molecule has 0 saturated carbocycles. The number of benzene rings is 1. The van der Waals surface area contributed by atoms with Crippen molar-refractivity contribution in [3.63, 3.8) is 0 Å². The van der Waals surface area contributed by atoms with E-state index >= 15 is 0 Å². The van der Waals surface area contributed by atoms with Gasteiger partial charge in [0.1, 0.15) is 0 Å². The monoisotopic (exact) mass is 308 g/mol. The molecule has 0 spiro atoms. The topological polar surface area (TPSA) is 80.1 Å². The van der Waals surface area contributed by atoms with Crippen molar-refractivity contribution in [3.05, 3.63) is 36.2 Å². The van der Waals surface area contributed by atoms with Crippen LogP contribution in [0, 0.1) is 0 Å². The maximum absolute atomic E-state index is 13.0. The number of aromatic nitrogens is 2. The fourth-order valence-corrected chi connectivity index (χ4v) is 2.22. The minimum Gasteiger partial charge on any atom is -0.346 e. The molecule has 0 bridgehead atoms. The van der Waals surface area contributed by atoms with E-state index in [9.17, 15) is 13.6 Å². The van der Waals surface area contributed by atoms with Gasteiger partial charge in [0.2, 0.25) is 17.6 Å². The van der Waals surface area contributed by atoms with Gasteiger partial charge < -0.3 is 9.84 Å². The Kier molecular flexibility index (Phi) is 3.84. The van der Waals surface area contributed by atoms with Gasteiger partial charge in [0, 0.05) is 12.0 Å². The molecule has 1 saturated heterocycles. The van der Waals surface area contributed by atoms with Gasteiger partial charge >= 0.3 is 0 Å². The molecule has 1 aliphatic heterocycles. The summed E-state index contributed by atoms with van der Waals surface area (Å²) in [5, 5.41) is 8.81. The lowest BCUT2D eigenvalue weighted by Gasteiger charge is -2.09. The van der Waals surface area contributed by atoms with Crippen LogP contribution in [0.15, 0.2) is 34.9 Å². The van der Waals surface area contributed by atoms with Crippen LogP contribution in [0.3, 0.4) is 0 Å². The first-order valence-corrected chi connectivity index (χ1v) is 6.80. The Balaban J connectivity index is 1.56.